The number of fused-ring (bicyclic) bond motifs is 13. The highest BCUT2D eigenvalue weighted by molar-refractivity contribution is 6.09. The Kier molecular flexibility index (Phi) is 5.59. The third-order valence-corrected chi connectivity index (χ3v) is 10.9. The Morgan fingerprint density at radius 2 is 0.980 bits per heavy atom. The zero-order valence-corrected chi connectivity index (χ0v) is 27.1. The molecule has 9 aromatic rings. The van der Waals surface area contributed by atoms with Gasteiger partial charge in [0, 0.05) is 33.8 Å². The quantitative estimate of drug-likeness (QED) is 0.193. The van der Waals surface area contributed by atoms with Crippen LogP contribution in [0.4, 0.5) is 0 Å². The molecule has 2 aliphatic rings. The fourth-order valence-corrected chi connectivity index (χ4v) is 8.77. The number of nitrogens with zero attached hydrogens (tertiary/aromatic N) is 3. The summed E-state index contributed by atoms with van der Waals surface area (Å²) in [5.41, 5.74) is 16.1. The van der Waals surface area contributed by atoms with Gasteiger partial charge in [-0.05, 0) is 74.8 Å². The lowest BCUT2D eigenvalue weighted by molar-refractivity contribution is 0.758. The summed E-state index contributed by atoms with van der Waals surface area (Å²) in [7, 11) is 0. The number of para-hydroxylation sites is 2. The van der Waals surface area contributed by atoms with Crippen molar-refractivity contribution in [3.05, 3.63) is 198 Å². The molecular formula is C47H29N3. The molecule has 3 nitrogen and oxygen atoms in total. The van der Waals surface area contributed by atoms with Gasteiger partial charge in [0.1, 0.15) is 0 Å². The third-order valence-electron chi connectivity index (χ3n) is 10.9. The molecule has 1 atom stereocenters. The molecule has 1 unspecified atom stereocenters. The second kappa shape index (κ2) is 10.2. The van der Waals surface area contributed by atoms with Gasteiger partial charge in [0.05, 0.1) is 22.1 Å². The molecule has 0 aliphatic heterocycles. The van der Waals surface area contributed by atoms with Gasteiger partial charge in [0.25, 0.3) is 0 Å². The van der Waals surface area contributed by atoms with Crippen LogP contribution in [0.15, 0.2) is 176 Å². The van der Waals surface area contributed by atoms with Crippen molar-refractivity contribution < 1.29 is 0 Å². The number of aromatic nitrogens is 3. The first-order chi connectivity index (χ1) is 24.8. The maximum absolute atomic E-state index is 5.45. The summed E-state index contributed by atoms with van der Waals surface area (Å²) < 4.78 is 2.37. The van der Waals surface area contributed by atoms with Crippen LogP contribution in [0.5, 0.6) is 0 Å². The summed E-state index contributed by atoms with van der Waals surface area (Å²) in [4.78, 5) is 10.4. The van der Waals surface area contributed by atoms with Gasteiger partial charge >= 0.3 is 0 Å². The molecule has 1 spiro atoms. The van der Waals surface area contributed by atoms with Crippen molar-refractivity contribution in [3.8, 4) is 50.5 Å². The molecule has 232 valence electrons. The Morgan fingerprint density at radius 3 is 1.68 bits per heavy atom. The summed E-state index contributed by atoms with van der Waals surface area (Å²) >= 11 is 0. The predicted octanol–water partition coefficient (Wildman–Crippen LogP) is 11.3. The number of hydrogen-bond acceptors (Lipinski definition) is 2. The maximum Gasteiger partial charge on any atom is 0.159 e. The molecule has 0 saturated heterocycles. The van der Waals surface area contributed by atoms with E-state index in [4.69, 9.17) is 9.97 Å². The zero-order valence-electron chi connectivity index (χ0n) is 27.1. The molecule has 0 amide bonds. The summed E-state index contributed by atoms with van der Waals surface area (Å²) in [5.74, 6) is 0.749. The van der Waals surface area contributed by atoms with Crippen LogP contribution in [0.2, 0.25) is 0 Å². The van der Waals surface area contributed by atoms with Crippen molar-refractivity contribution in [2.24, 2.45) is 0 Å². The highest BCUT2D eigenvalue weighted by Crippen LogP contribution is 2.62. The normalized spacial score (nSPS) is 15.3. The average molecular weight is 636 g/mol. The van der Waals surface area contributed by atoms with Crippen LogP contribution in [0.1, 0.15) is 22.4 Å². The van der Waals surface area contributed by atoms with Crippen molar-refractivity contribution >= 4 is 21.8 Å². The lowest BCUT2D eigenvalue weighted by Crippen LogP contribution is -2.27. The minimum absolute atomic E-state index is 0.552. The van der Waals surface area contributed by atoms with E-state index in [0.29, 0.717) is 0 Å². The van der Waals surface area contributed by atoms with Crippen molar-refractivity contribution in [1.29, 1.82) is 0 Å². The van der Waals surface area contributed by atoms with Gasteiger partial charge < -0.3 is 4.57 Å². The van der Waals surface area contributed by atoms with Crippen LogP contribution in [-0.2, 0) is 5.41 Å². The molecule has 0 bridgehead atoms. The first-order valence-corrected chi connectivity index (χ1v) is 17.2. The zero-order chi connectivity index (χ0) is 32.8. The molecule has 0 saturated carbocycles. The van der Waals surface area contributed by atoms with Crippen LogP contribution >= 0.6 is 0 Å². The highest BCUT2D eigenvalue weighted by Gasteiger charge is 2.53. The number of rotatable bonds is 3. The van der Waals surface area contributed by atoms with E-state index >= 15 is 0 Å². The van der Waals surface area contributed by atoms with Crippen molar-refractivity contribution in [3.63, 3.8) is 0 Å². The topological polar surface area (TPSA) is 30.7 Å². The summed E-state index contributed by atoms with van der Waals surface area (Å²) in [6.07, 6.45) is 2.04. The van der Waals surface area contributed by atoms with E-state index in [9.17, 15) is 0 Å². The van der Waals surface area contributed by atoms with Crippen LogP contribution in [-0.4, -0.2) is 14.5 Å². The second-order valence-corrected chi connectivity index (χ2v) is 13.3. The van der Waals surface area contributed by atoms with E-state index in [2.05, 4.69) is 168 Å². The SMILES string of the molecule is c1ccc(-c2ncc3c(n2)C2(c4ccccc4-c4ccc(-c5ccc(-n6c7ccccc7c7ccccc76)cc5)cc42)c2ccccc2-3)cc1. The Morgan fingerprint density at radius 1 is 0.420 bits per heavy atom. The van der Waals surface area contributed by atoms with Crippen molar-refractivity contribution in [1.82, 2.24) is 14.5 Å². The molecular weight excluding hydrogens is 607 g/mol. The highest BCUT2D eigenvalue weighted by atomic mass is 15.0. The first kappa shape index (κ1) is 27.4. The summed E-state index contributed by atoms with van der Waals surface area (Å²) in [5, 5.41) is 2.54. The Hall–Kier alpha value is -6.58. The van der Waals surface area contributed by atoms with Gasteiger partial charge in [-0.1, -0.05) is 140 Å². The third kappa shape index (κ3) is 3.58. The molecule has 50 heavy (non-hydrogen) atoms. The molecule has 2 aromatic heterocycles. The van der Waals surface area contributed by atoms with Gasteiger partial charge in [0.15, 0.2) is 5.82 Å². The Labute approximate surface area is 289 Å². The Bertz CT molecular complexity index is 2740. The second-order valence-electron chi connectivity index (χ2n) is 13.3. The van der Waals surface area contributed by atoms with Gasteiger partial charge in [-0.2, -0.15) is 0 Å². The van der Waals surface area contributed by atoms with Gasteiger partial charge in [-0.25, -0.2) is 9.97 Å². The van der Waals surface area contributed by atoms with E-state index in [-0.39, 0.29) is 0 Å². The summed E-state index contributed by atoms with van der Waals surface area (Å²) in [6.45, 7) is 0. The standard InChI is InChI=1S/C47H29N3/c1-2-12-31(13-3-1)46-48-29-39-35-15-5-9-19-41(35)47(45(39)49-46)40-18-8-4-14-34(40)36-27-24-32(28-42(36)47)30-22-25-33(26-23-30)50-43-20-10-6-16-37(43)38-17-7-11-21-44(38)50/h1-29H. The van der Waals surface area contributed by atoms with E-state index in [1.54, 1.807) is 0 Å². The maximum atomic E-state index is 5.45. The lowest BCUT2D eigenvalue weighted by Gasteiger charge is -2.29. The molecule has 2 aliphatic carbocycles. The fraction of sp³-hybridized carbons (Fsp3) is 0.0213. The summed E-state index contributed by atoms with van der Waals surface area (Å²) in [6, 6.07) is 61.4. The smallest absolute Gasteiger partial charge is 0.159 e. The molecule has 11 rings (SSSR count). The molecule has 0 radical (unpaired) electrons. The van der Waals surface area contributed by atoms with E-state index in [1.165, 1.54) is 66.3 Å². The monoisotopic (exact) mass is 635 g/mol. The average Bonchev–Trinajstić information content (AvgIpc) is 3.80. The predicted molar refractivity (Wildman–Crippen MR) is 204 cm³/mol. The fourth-order valence-electron chi connectivity index (χ4n) is 8.77. The minimum atomic E-state index is -0.552. The molecule has 0 N–H and O–H groups in total. The van der Waals surface area contributed by atoms with Gasteiger partial charge in [-0.3, -0.25) is 0 Å². The van der Waals surface area contributed by atoms with E-state index in [1.807, 2.05) is 12.3 Å². The lowest BCUT2D eigenvalue weighted by atomic mass is 9.72. The van der Waals surface area contributed by atoms with Gasteiger partial charge in [-0.15, -0.1) is 0 Å². The van der Waals surface area contributed by atoms with Gasteiger partial charge in [0.2, 0.25) is 0 Å². The van der Waals surface area contributed by atoms with E-state index in [0.717, 1.165) is 28.3 Å². The molecule has 2 heterocycles. The molecule has 0 fully saturated rings. The van der Waals surface area contributed by atoms with Crippen LogP contribution < -0.4 is 0 Å². The molecule has 7 aromatic carbocycles. The largest absolute Gasteiger partial charge is 0.309 e. The van der Waals surface area contributed by atoms with Crippen molar-refractivity contribution in [2.45, 2.75) is 5.41 Å². The van der Waals surface area contributed by atoms with Crippen LogP contribution in [0.3, 0.4) is 0 Å². The molecule has 3 heteroatoms. The van der Waals surface area contributed by atoms with Crippen LogP contribution in [0, 0.1) is 0 Å². The van der Waals surface area contributed by atoms with Crippen molar-refractivity contribution in [2.75, 3.05) is 0 Å². The van der Waals surface area contributed by atoms with Crippen LogP contribution in [0.25, 0.3) is 72.3 Å². The number of benzene rings is 7. The first-order valence-electron chi connectivity index (χ1n) is 17.2. The van der Waals surface area contributed by atoms with E-state index < -0.39 is 5.41 Å². The number of hydrogen-bond donors (Lipinski definition) is 0. The Balaban J connectivity index is 1.11. The minimum Gasteiger partial charge on any atom is -0.309 e.